The van der Waals surface area contributed by atoms with Gasteiger partial charge in [0.1, 0.15) is 17.7 Å². The number of ether oxygens (including phenoxy) is 6. The first kappa shape index (κ1) is 37.5. The summed E-state index contributed by atoms with van der Waals surface area (Å²) in [6, 6.07) is 4.13. The lowest BCUT2D eigenvalue weighted by Crippen LogP contribution is -2.58. The molecule has 43 heavy (non-hydrogen) atoms. The van der Waals surface area contributed by atoms with Gasteiger partial charge in [0, 0.05) is 12.3 Å². The molecule has 0 bridgehead atoms. The Kier molecular flexibility index (Phi) is 13.3. The number of carboxylic acid groups (broad SMARTS) is 1. The van der Waals surface area contributed by atoms with Crippen molar-refractivity contribution in [2.75, 3.05) is 13.2 Å². The monoisotopic (exact) mass is 611 g/mol. The molecule has 1 aromatic rings. The van der Waals surface area contributed by atoms with E-state index in [0.29, 0.717) is 5.56 Å². The number of hydrogen-bond donors (Lipinski definition) is 2. The number of rotatable bonds is 12. The van der Waals surface area contributed by atoms with Crippen LogP contribution in [0.1, 0.15) is 81.7 Å². The van der Waals surface area contributed by atoms with Crippen LogP contribution in [-0.2, 0) is 30.2 Å². The van der Waals surface area contributed by atoms with E-state index in [9.17, 15) is 24.3 Å². The van der Waals surface area contributed by atoms with E-state index >= 15 is 0 Å². The van der Waals surface area contributed by atoms with Crippen molar-refractivity contribution in [2.45, 2.75) is 100 Å². The van der Waals surface area contributed by atoms with Gasteiger partial charge >= 0.3 is 24.4 Å². The lowest BCUT2D eigenvalue weighted by molar-refractivity contribution is -0.147. The van der Waals surface area contributed by atoms with Crippen molar-refractivity contribution in [2.24, 2.45) is 28.4 Å². The zero-order valence-corrected chi connectivity index (χ0v) is 27.3. The second-order valence-corrected chi connectivity index (χ2v) is 13.6. The highest BCUT2D eigenvalue weighted by atomic mass is 16.7. The van der Waals surface area contributed by atoms with Crippen molar-refractivity contribution in [3.63, 3.8) is 0 Å². The molecule has 3 N–H and O–H groups in total. The molecule has 0 saturated heterocycles. The van der Waals surface area contributed by atoms with E-state index in [4.69, 9.17) is 34.2 Å². The van der Waals surface area contributed by atoms with Crippen LogP contribution in [0.5, 0.6) is 11.5 Å². The fraction of sp³-hybridized carbons (Fsp3) is 0.677. The number of carboxylic acids is 1. The van der Waals surface area contributed by atoms with Crippen molar-refractivity contribution >= 4 is 24.4 Å². The first-order chi connectivity index (χ1) is 19.5. The van der Waals surface area contributed by atoms with Crippen LogP contribution in [0.2, 0.25) is 0 Å². The van der Waals surface area contributed by atoms with E-state index in [1.54, 1.807) is 13.8 Å². The van der Waals surface area contributed by atoms with Crippen molar-refractivity contribution < 1.29 is 52.7 Å². The summed E-state index contributed by atoms with van der Waals surface area (Å²) >= 11 is 0. The Balaban J connectivity index is 3.27. The van der Waals surface area contributed by atoms with Crippen LogP contribution in [0.25, 0.3) is 0 Å². The Morgan fingerprint density at radius 2 is 1.21 bits per heavy atom. The largest absolute Gasteiger partial charge is 0.513 e. The van der Waals surface area contributed by atoms with Crippen LogP contribution in [-0.4, -0.2) is 60.5 Å². The number of benzene rings is 1. The normalized spacial score (nSPS) is 15.4. The van der Waals surface area contributed by atoms with Gasteiger partial charge in [0.25, 0.3) is 0 Å². The van der Waals surface area contributed by atoms with Crippen molar-refractivity contribution in [3.8, 4) is 11.5 Å². The van der Waals surface area contributed by atoms with E-state index in [1.807, 2.05) is 55.4 Å². The molecule has 12 nitrogen and oxygen atoms in total. The lowest BCUT2D eigenvalue weighted by Gasteiger charge is -2.35. The van der Waals surface area contributed by atoms with Crippen molar-refractivity contribution in [3.05, 3.63) is 23.8 Å². The highest BCUT2D eigenvalue weighted by Gasteiger charge is 2.44. The third-order valence-corrected chi connectivity index (χ3v) is 6.56. The Bertz CT molecular complexity index is 1120. The van der Waals surface area contributed by atoms with Crippen LogP contribution in [0.3, 0.4) is 0 Å². The molecule has 12 heteroatoms. The van der Waals surface area contributed by atoms with Crippen LogP contribution in [0, 0.1) is 22.7 Å². The third kappa shape index (κ3) is 13.1. The summed E-state index contributed by atoms with van der Waals surface area (Å²) in [6.45, 7) is 19.9. The minimum atomic E-state index is -1.93. The SMILES string of the molecule is CC(C)C(C)OC(=O)O[C@@H](C)[C@@H](C)[C@](N)(Cc1ccc(OC(=O)OCC(C)(C)C)c(OC(=O)OCC(C)(C)C)c1)C(=O)O. The van der Waals surface area contributed by atoms with Gasteiger partial charge in [-0.2, -0.15) is 0 Å². The molecule has 0 radical (unpaired) electrons. The molecular formula is C31H49NO11. The summed E-state index contributed by atoms with van der Waals surface area (Å²) < 4.78 is 31.5. The van der Waals surface area contributed by atoms with E-state index in [0.717, 1.165) is 0 Å². The smallest absolute Gasteiger partial charge is 0.480 e. The predicted octanol–water partition coefficient (Wildman–Crippen LogP) is 6.36. The number of hydrogen-bond acceptors (Lipinski definition) is 11. The molecule has 0 aliphatic heterocycles. The molecule has 0 fully saturated rings. The Morgan fingerprint density at radius 1 is 0.744 bits per heavy atom. The maximum Gasteiger partial charge on any atom is 0.513 e. The van der Waals surface area contributed by atoms with Gasteiger partial charge in [-0.05, 0) is 48.3 Å². The second-order valence-electron chi connectivity index (χ2n) is 13.6. The average molecular weight is 612 g/mol. The molecule has 4 atom stereocenters. The quantitative estimate of drug-likeness (QED) is 0.153. The molecular weight excluding hydrogens is 562 g/mol. The molecule has 0 amide bonds. The molecule has 0 aliphatic rings. The van der Waals surface area contributed by atoms with Gasteiger partial charge in [-0.1, -0.05) is 68.4 Å². The molecule has 0 aromatic heterocycles. The van der Waals surface area contributed by atoms with Gasteiger partial charge in [-0.25, -0.2) is 14.4 Å². The third-order valence-electron chi connectivity index (χ3n) is 6.56. The molecule has 0 spiro atoms. The molecule has 244 valence electrons. The minimum Gasteiger partial charge on any atom is -0.480 e. The van der Waals surface area contributed by atoms with Crippen LogP contribution < -0.4 is 15.2 Å². The summed E-state index contributed by atoms with van der Waals surface area (Å²) in [5, 5.41) is 10.1. The summed E-state index contributed by atoms with van der Waals surface area (Å²) in [7, 11) is 0. The van der Waals surface area contributed by atoms with E-state index in [1.165, 1.54) is 25.1 Å². The van der Waals surface area contributed by atoms with Crippen LogP contribution in [0.15, 0.2) is 18.2 Å². The van der Waals surface area contributed by atoms with Gasteiger partial charge in [0.2, 0.25) is 0 Å². The van der Waals surface area contributed by atoms with E-state index in [2.05, 4.69) is 0 Å². The summed E-state index contributed by atoms with van der Waals surface area (Å²) in [5.41, 5.74) is 4.16. The Labute approximate surface area is 254 Å². The summed E-state index contributed by atoms with van der Waals surface area (Å²) in [5.74, 6) is -2.55. The molecule has 1 aromatic carbocycles. The number of aliphatic carboxylic acids is 1. The maximum atomic E-state index is 12.5. The first-order valence-corrected chi connectivity index (χ1v) is 14.3. The topological polar surface area (TPSA) is 170 Å². The highest BCUT2D eigenvalue weighted by molar-refractivity contribution is 5.80. The molecule has 1 unspecified atom stereocenters. The summed E-state index contributed by atoms with van der Waals surface area (Å²) in [6.07, 6.45) is -4.61. The number of carbonyl (C=O) groups is 4. The fourth-order valence-electron chi connectivity index (χ4n) is 3.37. The van der Waals surface area contributed by atoms with Gasteiger partial charge in [0.15, 0.2) is 11.5 Å². The maximum absolute atomic E-state index is 12.5. The molecule has 0 heterocycles. The van der Waals surface area contributed by atoms with Gasteiger partial charge in [-0.3, -0.25) is 4.79 Å². The van der Waals surface area contributed by atoms with Crippen molar-refractivity contribution in [1.82, 2.24) is 0 Å². The predicted molar refractivity (Wildman–Crippen MR) is 158 cm³/mol. The standard InChI is InChI=1S/C31H49NO11/c1-18(2)20(4)40-28(37)41-21(5)19(3)31(32,25(33)34)15-22-12-13-23(42-26(35)38-16-29(6,7)8)24(14-22)43-27(36)39-17-30(9,10)11/h12-14,18-21H,15-17,32H2,1-11H3,(H,33,34)/t19-,20?,21+,31-/m1/s1. The zero-order valence-electron chi connectivity index (χ0n) is 27.3. The van der Waals surface area contributed by atoms with Gasteiger partial charge in [-0.15, -0.1) is 0 Å². The number of carbonyl (C=O) groups excluding carboxylic acids is 3. The molecule has 0 saturated carbocycles. The highest BCUT2D eigenvalue weighted by Crippen LogP contribution is 2.33. The fourth-order valence-corrected chi connectivity index (χ4v) is 3.37. The van der Waals surface area contributed by atoms with Crippen LogP contribution in [0.4, 0.5) is 14.4 Å². The summed E-state index contributed by atoms with van der Waals surface area (Å²) in [4.78, 5) is 49.5. The Hall–Kier alpha value is -3.54. The first-order valence-electron chi connectivity index (χ1n) is 14.3. The van der Waals surface area contributed by atoms with Crippen molar-refractivity contribution in [1.29, 1.82) is 0 Å². The number of nitrogens with two attached hydrogens (primary N) is 1. The zero-order chi connectivity index (χ0) is 33.3. The van der Waals surface area contributed by atoms with E-state index < -0.39 is 48.1 Å². The average Bonchev–Trinajstić information content (AvgIpc) is 2.86. The molecule has 1 rings (SSSR count). The lowest BCUT2D eigenvalue weighted by atomic mass is 9.78. The molecule has 0 aliphatic carbocycles. The van der Waals surface area contributed by atoms with Crippen LogP contribution >= 0.6 is 0 Å². The minimum absolute atomic E-state index is 0.0497. The van der Waals surface area contributed by atoms with Gasteiger partial charge < -0.3 is 39.3 Å². The van der Waals surface area contributed by atoms with E-state index in [-0.39, 0.29) is 47.9 Å². The van der Waals surface area contributed by atoms with Gasteiger partial charge in [0.05, 0.1) is 13.2 Å². The second kappa shape index (κ2) is 15.3. The Morgan fingerprint density at radius 3 is 1.65 bits per heavy atom.